The minimum absolute atomic E-state index is 0.0761. The highest BCUT2D eigenvalue weighted by molar-refractivity contribution is 6.00. The van der Waals surface area contributed by atoms with E-state index in [0.29, 0.717) is 23.4 Å². The van der Waals surface area contributed by atoms with Gasteiger partial charge in [0.2, 0.25) is 0 Å². The SMILES string of the molecule is CCOC(=O)c1nn2c(c1-c1ccccc1)CN(C)C(=O)c1ccccc1-2. The van der Waals surface area contributed by atoms with E-state index >= 15 is 0 Å². The van der Waals surface area contributed by atoms with Crippen molar-refractivity contribution in [3.63, 3.8) is 0 Å². The minimum atomic E-state index is -0.469. The number of para-hydroxylation sites is 1. The normalized spacial score (nSPS) is 13.0. The molecule has 6 heteroatoms. The summed E-state index contributed by atoms with van der Waals surface area (Å²) in [7, 11) is 1.75. The number of aromatic nitrogens is 2. The van der Waals surface area contributed by atoms with Crippen LogP contribution in [0, 0.1) is 0 Å². The minimum Gasteiger partial charge on any atom is -0.461 e. The van der Waals surface area contributed by atoms with E-state index in [1.54, 1.807) is 29.6 Å². The van der Waals surface area contributed by atoms with Crippen molar-refractivity contribution in [2.24, 2.45) is 0 Å². The van der Waals surface area contributed by atoms with Crippen LogP contribution in [0.3, 0.4) is 0 Å². The smallest absolute Gasteiger partial charge is 0.359 e. The summed E-state index contributed by atoms with van der Waals surface area (Å²) < 4.78 is 6.94. The Morgan fingerprint density at radius 1 is 1.11 bits per heavy atom. The molecule has 0 radical (unpaired) electrons. The number of hydrogen-bond donors (Lipinski definition) is 0. The second-order valence-electron chi connectivity index (χ2n) is 6.35. The molecule has 3 aromatic rings. The summed E-state index contributed by atoms with van der Waals surface area (Å²) in [6.45, 7) is 2.37. The maximum atomic E-state index is 12.8. The summed E-state index contributed by atoms with van der Waals surface area (Å²) in [6.07, 6.45) is 0. The van der Waals surface area contributed by atoms with Gasteiger partial charge in [0.1, 0.15) is 0 Å². The van der Waals surface area contributed by atoms with Crippen LogP contribution >= 0.6 is 0 Å². The molecule has 1 aliphatic rings. The van der Waals surface area contributed by atoms with Crippen LogP contribution in [0.25, 0.3) is 16.8 Å². The quantitative estimate of drug-likeness (QED) is 0.672. The third kappa shape index (κ3) is 2.79. The Hall–Kier alpha value is -3.41. The third-order valence-electron chi connectivity index (χ3n) is 4.61. The molecule has 2 aromatic carbocycles. The van der Waals surface area contributed by atoms with E-state index < -0.39 is 5.97 Å². The highest BCUT2D eigenvalue weighted by Gasteiger charge is 2.31. The molecule has 0 N–H and O–H groups in total. The van der Waals surface area contributed by atoms with Crippen LogP contribution in [-0.4, -0.2) is 40.2 Å². The largest absolute Gasteiger partial charge is 0.461 e. The van der Waals surface area contributed by atoms with Crippen molar-refractivity contribution in [1.82, 2.24) is 14.7 Å². The molecule has 1 amide bonds. The summed E-state index contributed by atoms with van der Waals surface area (Å²) >= 11 is 0. The average molecular weight is 361 g/mol. The number of ether oxygens (including phenoxy) is 1. The van der Waals surface area contributed by atoms with Gasteiger partial charge in [-0.3, -0.25) is 4.79 Å². The summed E-state index contributed by atoms with van der Waals surface area (Å²) in [6, 6.07) is 16.9. The molecule has 27 heavy (non-hydrogen) atoms. The van der Waals surface area contributed by atoms with E-state index in [1.165, 1.54) is 0 Å². The van der Waals surface area contributed by atoms with Crippen LogP contribution < -0.4 is 0 Å². The van der Waals surface area contributed by atoms with Crippen molar-refractivity contribution >= 4 is 11.9 Å². The Bertz CT molecular complexity index is 1020. The molecule has 0 atom stereocenters. The van der Waals surface area contributed by atoms with Gasteiger partial charge in [0.25, 0.3) is 5.91 Å². The molecule has 0 saturated carbocycles. The lowest BCUT2D eigenvalue weighted by atomic mass is 10.0. The predicted octanol–water partition coefficient (Wildman–Crippen LogP) is 3.30. The number of rotatable bonds is 3. The highest BCUT2D eigenvalue weighted by Crippen LogP contribution is 2.34. The number of fused-ring (bicyclic) bond motifs is 3. The van der Waals surface area contributed by atoms with Gasteiger partial charge in [-0.15, -0.1) is 0 Å². The maximum absolute atomic E-state index is 12.8. The fourth-order valence-electron chi connectivity index (χ4n) is 3.39. The lowest BCUT2D eigenvalue weighted by Crippen LogP contribution is -2.25. The molecule has 1 aliphatic heterocycles. The van der Waals surface area contributed by atoms with Gasteiger partial charge < -0.3 is 9.64 Å². The van der Waals surface area contributed by atoms with Crippen LogP contribution in [0.1, 0.15) is 33.5 Å². The monoisotopic (exact) mass is 361 g/mol. The second-order valence-corrected chi connectivity index (χ2v) is 6.35. The summed E-state index contributed by atoms with van der Waals surface area (Å²) in [5.74, 6) is -0.545. The summed E-state index contributed by atoms with van der Waals surface area (Å²) in [4.78, 5) is 27.0. The zero-order chi connectivity index (χ0) is 19.0. The molecule has 0 aliphatic carbocycles. The second kappa shape index (κ2) is 6.72. The topological polar surface area (TPSA) is 64.4 Å². The molecular formula is C21H19N3O3. The Morgan fingerprint density at radius 3 is 2.56 bits per heavy atom. The van der Waals surface area contributed by atoms with Gasteiger partial charge in [-0.05, 0) is 24.6 Å². The lowest BCUT2D eigenvalue weighted by molar-refractivity contribution is 0.0519. The number of esters is 1. The number of amides is 1. The Labute approximate surface area is 157 Å². The van der Waals surface area contributed by atoms with Crippen molar-refractivity contribution in [3.8, 4) is 16.8 Å². The molecule has 136 valence electrons. The van der Waals surface area contributed by atoms with Crippen molar-refractivity contribution in [2.75, 3.05) is 13.7 Å². The van der Waals surface area contributed by atoms with E-state index in [1.807, 2.05) is 48.5 Å². The van der Waals surface area contributed by atoms with Crippen LogP contribution in [0.15, 0.2) is 54.6 Å². The zero-order valence-corrected chi connectivity index (χ0v) is 15.2. The van der Waals surface area contributed by atoms with Crippen LogP contribution in [0.4, 0.5) is 0 Å². The molecule has 0 unspecified atom stereocenters. The van der Waals surface area contributed by atoms with Gasteiger partial charge in [-0.25, -0.2) is 9.48 Å². The Kier molecular flexibility index (Phi) is 4.24. The van der Waals surface area contributed by atoms with Crippen LogP contribution in [-0.2, 0) is 11.3 Å². The molecule has 0 bridgehead atoms. The van der Waals surface area contributed by atoms with Crippen molar-refractivity contribution in [3.05, 3.63) is 71.5 Å². The standard InChI is InChI=1S/C21H19N3O3/c1-3-27-21(26)19-18(14-9-5-4-6-10-14)17-13-23(2)20(25)15-11-7-8-12-16(15)24(17)22-19/h4-12H,3,13H2,1-2H3. The van der Waals surface area contributed by atoms with Gasteiger partial charge in [0, 0.05) is 12.6 Å². The molecule has 2 heterocycles. The number of hydrogen-bond acceptors (Lipinski definition) is 4. The fraction of sp³-hybridized carbons (Fsp3) is 0.190. The summed E-state index contributed by atoms with van der Waals surface area (Å²) in [5, 5.41) is 4.58. The van der Waals surface area contributed by atoms with E-state index in [-0.39, 0.29) is 18.2 Å². The van der Waals surface area contributed by atoms with Crippen molar-refractivity contribution in [2.45, 2.75) is 13.5 Å². The Balaban J connectivity index is 2.03. The van der Waals surface area contributed by atoms with Crippen molar-refractivity contribution in [1.29, 1.82) is 0 Å². The molecule has 0 saturated heterocycles. The molecule has 4 rings (SSSR count). The van der Waals surface area contributed by atoms with Crippen molar-refractivity contribution < 1.29 is 14.3 Å². The van der Waals surface area contributed by atoms with Crippen LogP contribution in [0.5, 0.6) is 0 Å². The molecule has 0 spiro atoms. The first-order chi connectivity index (χ1) is 13.1. The van der Waals surface area contributed by atoms with E-state index in [4.69, 9.17) is 4.74 Å². The zero-order valence-electron chi connectivity index (χ0n) is 15.2. The third-order valence-corrected chi connectivity index (χ3v) is 4.61. The number of carbonyl (C=O) groups is 2. The van der Waals surface area contributed by atoms with E-state index in [0.717, 1.165) is 11.3 Å². The Morgan fingerprint density at radius 2 is 1.81 bits per heavy atom. The fourth-order valence-corrected chi connectivity index (χ4v) is 3.39. The van der Waals surface area contributed by atoms with E-state index in [9.17, 15) is 9.59 Å². The molecular weight excluding hydrogens is 342 g/mol. The van der Waals surface area contributed by atoms with Gasteiger partial charge >= 0.3 is 5.97 Å². The highest BCUT2D eigenvalue weighted by atomic mass is 16.5. The molecule has 0 fully saturated rings. The average Bonchev–Trinajstić information content (AvgIpc) is 3.03. The molecule has 1 aromatic heterocycles. The van der Waals surface area contributed by atoms with Gasteiger partial charge in [0.05, 0.1) is 30.1 Å². The van der Waals surface area contributed by atoms with Gasteiger partial charge in [-0.1, -0.05) is 42.5 Å². The first kappa shape index (κ1) is 17.0. The first-order valence-corrected chi connectivity index (χ1v) is 8.81. The first-order valence-electron chi connectivity index (χ1n) is 8.81. The van der Waals surface area contributed by atoms with Gasteiger partial charge in [-0.2, -0.15) is 5.10 Å². The van der Waals surface area contributed by atoms with Gasteiger partial charge in [0.15, 0.2) is 5.69 Å². The molecule has 6 nitrogen and oxygen atoms in total. The lowest BCUT2D eigenvalue weighted by Gasteiger charge is -2.15. The van der Waals surface area contributed by atoms with E-state index in [2.05, 4.69) is 5.10 Å². The predicted molar refractivity (Wildman–Crippen MR) is 101 cm³/mol. The maximum Gasteiger partial charge on any atom is 0.359 e. The summed E-state index contributed by atoms with van der Waals surface area (Å²) in [5.41, 5.74) is 3.82. The number of carbonyl (C=O) groups excluding carboxylic acids is 2. The number of nitrogens with zero attached hydrogens (tertiary/aromatic N) is 3. The number of benzene rings is 2. The van der Waals surface area contributed by atoms with Crippen LogP contribution in [0.2, 0.25) is 0 Å².